The van der Waals surface area contributed by atoms with Crippen molar-refractivity contribution < 1.29 is 31.9 Å². The molecule has 1 saturated heterocycles. The lowest BCUT2D eigenvalue weighted by molar-refractivity contribution is -0.143. The number of nitrogens with one attached hydrogen (secondary N) is 2. The van der Waals surface area contributed by atoms with Crippen LogP contribution in [0.5, 0.6) is 5.75 Å². The van der Waals surface area contributed by atoms with Gasteiger partial charge >= 0.3 is 0 Å². The first kappa shape index (κ1) is 34.8. The number of carbonyl (C=O) groups is 2. The SMILES string of the molecule is O=C(NCCN1CCOCC1)[C@H](c1ccccc1)N(Cc1ccc(Cl)cc1)C(=O)COc1ccc(S(=O)(=O)Nc2ccc(F)cc2)cc1. The number of anilines is 1. The van der Waals surface area contributed by atoms with Gasteiger partial charge in [0.25, 0.3) is 15.9 Å². The van der Waals surface area contributed by atoms with Crippen LogP contribution >= 0.6 is 11.6 Å². The predicted octanol–water partition coefficient (Wildman–Crippen LogP) is 4.88. The van der Waals surface area contributed by atoms with Gasteiger partial charge in [-0.2, -0.15) is 0 Å². The number of rotatable bonds is 14. The maximum atomic E-state index is 13.9. The number of ether oxygens (including phenoxy) is 2. The van der Waals surface area contributed by atoms with Crippen LogP contribution < -0.4 is 14.8 Å². The van der Waals surface area contributed by atoms with Crippen LogP contribution in [-0.4, -0.2) is 76.0 Å². The molecule has 0 aliphatic carbocycles. The second-order valence-corrected chi connectivity index (χ2v) is 13.2. The fourth-order valence-corrected chi connectivity index (χ4v) is 6.34. The molecule has 0 radical (unpaired) electrons. The quantitative estimate of drug-likeness (QED) is 0.193. The summed E-state index contributed by atoms with van der Waals surface area (Å²) in [6.45, 7) is 3.59. The van der Waals surface area contributed by atoms with Crippen molar-refractivity contribution in [1.82, 2.24) is 15.1 Å². The van der Waals surface area contributed by atoms with Gasteiger partial charge in [-0.05, 0) is 71.8 Å². The molecule has 252 valence electrons. The number of hydrogen-bond acceptors (Lipinski definition) is 7. The van der Waals surface area contributed by atoms with Crippen molar-refractivity contribution in [3.05, 3.63) is 125 Å². The Morgan fingerprint density at radius 1 is 0.917 bits per heavy atom. The number of carbonyl (C=O) groups excluding carboxylic acids is 2. The topological polar surface area (TPSA) is 117 Å². The summed E-state index contributed by atoms with van der Waals surface area (Å²) >= 11 is 6.11. The molecule has 0 unspecified atom stereocenters. The summed E-state index contributed by atoms with van der Waals surface area (Å²) in [6.07, 6.45) is 0. The Labute approximate surface area is 284 Å². The Kier molecular flexibility index (Phi) is 12.0. The molecule has 1 heterocycles. The van der Waals surface area contributed by atoms with Gasteiger partial charge in [-0.1, -0.05) is 54.1 Å². The second kappa shape index (κ2) is 16.6. The van der Waals surface area contributed by atoms with Crippen LogP contribution in [0.3, 0.4) is 0 Å². The van der Waals surface area contributed by atoms with E-state index in [-0.39, 0.29) is 28.8 Å². The molecule has 1 atom stereocenters. The monoisotopic (exact) mass is 694 g/mol. The van der Waals surface area contributed by atoms with Crippen molar-refractivity contribution >= 4 is 39.1 Å². The normalized spacial score (nSPS) is 14.1. The zero-order chi connectivity index (χ0) is 33.9. The number of morpholine rings is 1. The highest BCUT2D eigenvalue weighted by atomic mass is 35.5. The Morgan fingerprint density at radius 2 is 1.58 bits per heavy atom. The zero-order valence-electron chi connectivity index (χ0n) is 26.1. The van der Waals surface area contributed by atoms with Crippen molar-refractivity contribution in [2.75, 3.05) is 50.7 Å². The van der Waals surface area contributed by atoms with E-state index in [1.54, 1.807) is 36.4 Å². The lowest BCUT2D eigenvalue weighted by atomic mass is 10.0. The van der Waals surface area contributed by atoms with Gasteiger partial charge in [0, 0.05) is 43.4 Å². The smallest absolute Gasteiger partial charge is 0.261 e. The highest BCUT2D eigenvalue weighted by Gasteiger charge is 2.32. The van der Waals surface area contributed by atoms with Gasteiger partial charge in [-0.15, -0.1) is 0 Å². The molecule has 0 bridgehead atoms. The highest BCUT2D eigenvalue weighted by Crippen LogP contribution is 2.26. The molecular weight excluding hydrogens is 659 g/mol. The molecule has 2 N–H and O–H groups in total. The number of benzene rings is 4. The van der Waals surface area contributed by atoms with Gasteiger partial charge in [0.05, 0.1) is 18.1 Å². The third kappa shape index (κ3) is 9.77. The summed E-state index contributed by atoms with van der Waals surface area (Å²) in [6, 6.07) is 25.6. The zero-order valence-corrected chi connectivity index (χ0v) is 27.6. The van der Waals surface area contributed by atoms with Crippen molar-refractivity contribution in [2.24, 2.45) is 0 Å². The van der Waals surface area contributed by atoms with Crippen LogP contribution in [0, 0.1) is 5.82 Å². The maximum absolute atomic E-state index is 13.9. The molecule has 1 aliphatic heterocycles. The first-order valence-corrected chi connectivity index (χ1v) is 17.2. The van der Waals surface area contributed by atoms with Gasteiger partial charge in [0.15, 0.2) is 6.61 Å². The van der Waals surface area contributed by atoms with Crippen molar-refractivity contribution in [2.45, 2.75) is 17.5 Å². The Morgan fingerprint density at radius 3 is 2.25 bits per heavy atom. The van der Waals surface area contributed by atoms with E-state index < -0.39 is 34.4 Å². The summed E-state index contributed by atoms with van der Waals surface area (Å²) in [5.74, 6) is -1.03. The number of nitrogens with zero attached hydrogens (tertiary/aromatic N) is 2. The fourth-order valence-electron chi connectivity index (χ4n) is 5.15. The molecule has 10 nitrogen and oxygen atoms in total. The first-order chi connectivity index (χ1) is 23.2. The third-order valence-corrected chi connectivity index (χ3v) is 9.33. The van der Waals surface area contributed by atoms with Crippen molar-refractivity contribution in [1.29, 1.82) is 0 Å². The standard InChI is InChI=1S/C35H36ClFN4O6S/c36-28-8-6-26(7-9-28)24-41(34(27-4-2-1-3-5-27)35(43)38-18-19-40-20-22-46-23-21-40)33(42)25-47-31-14-16-32(17-15-31)48(44,45)39-30-12-10-29(37)11-13-30/h1-17,34,39H,18-25H2,(H,38,43)/t34-/m0/s1. The summed E-state index contributed by atoms with van der Waals surface area (Å²) in [5, 5.41) is 3.55. The second-order valence-electron chi connectivity index (χ2n) is 11.1. The van der Waals surface area contributed by atoms with Crippen molar-refractivity contribution in [3.8, 4) is 5.75 Å². The van der Waals surface area contributed by atoms with Gasteiger partial charge in [0.1, 0.15) is 17.6 Å². The lowest BCUT2D eigenvalue weighted by Gasteiger charge is -2.32. The van der Waals surface area contributed by atoms with Gasteiger partial charge < -0.3 is 19.7 Å². The van der Waals surface area contributed by atoms with E-state index in [0.717, 1.165) is 30.8 Å². The molecule has 4 aromatic carbocycles. The Balaban J connectivity index is 1.31. The molecule has 5 rings (SSSR count). The highest BCUT2D eigenvalue weighted by molar-refractivity contribution is 7.92. The van der Waals surface area contributed by atoms with Crippen LogP contribution in [0.2, 0.25) is 5.02 Å². The Hall–Kier alpha value is -4.49. The minimum atomic E-state index is -3.96. The van der Waals surface area contributed by atoms with E-state index >= 15 is 0 Å². The summed E-state index contributed by atoms with van der Waals surface area (Å²) in [4.78, 5) is 31.4. The minimum absolute atomic E-state index is 0.0484. The van der Waals surface area contributed by atoms with E-state index in [4.69, 9.17) is 21.1 Å². The fraction of sp³-hybridized carbons (Fsp3) is 0.257. The van der Waals surface area contributed by atoms with E-state index in [1.165, 1.54) is 41.3 Å². The molecule has 0 spiro atoms. The number of halogens is 2. The number of sulfonamides is 1. The molecule has 0 saturated carbocycles. The van der Waals surface area contributed by atoms with E-state index in [0.29, 0.717) is 36.9 Å². The minimum Gasteiger partial charge on any atom is -0.484 e. The Bertz CT molecular complexity index is 1760. The molecular formula is C35H36ClFN4O6S. The molecule has 0 aromatic heterocycles. The van der Waals surface area contributed by atoms with Crippen LogP contribution in [0.15, 0.2) is 108 Å². The maximum Gasteiger partial charge on any atom is 0.261 e. The van der Waals surface area contributed by atoms with E-state index in [2.05, 4.69) is 14.9 Å². The molecule has 48 heavy (non-hydrogen) atoms. The molecule has 2 amide bonds. The summed E-state index contributed by atoms with van der Waals surface area (Å²) in [7, 11) is -3.96. The molecule has 1 fully saturated rings. The van der Waals surface area contributed by atoms with Gasteiger partial charge in [-0.3, -0.25) is 19.2 Å². The van der Waals surface area contributed by atoms with Crippen LogP contribution in [0.25, 0.3) is 0 Å². The number of amides is 2. The van der Waals surface area contributed by atoms with Crippen molar-refractivity contribution in [3.63, 3.8) is 0 Å². The third-order valence-electron chi connectivity index (χ3n) is 7.69. The predicted molar refractivity (Wildman–Crippen MR) is 181 cm³/mol. The summed E-state index contributed by atoms with van der Waals surface area (Å²) < 4.78 is 52.5. The first-order valence-electron chi connectivity index (χ1n) is 15.4. The molecule has 13 heteroatoms. The summed E-state index contributed by atoms with van der Waals surface area (Å²) in [5.41, 5.74) is 1.60. The van der Waals surface area contributed by atoms with Crippen LogP contribution in [-0.2, 0) is 30.9 Å². The van der Waals surface area contributed by atoms with E-state index in [1.807, 2.05) is 18.2 Å². The van der Waals surface area contributed by atoms with E-state index in [9.17, 15) is 22.4 Å². The van der Waals surface area contributed by atoms with Crippen LogP contribution in [0.1, 0.15) is 17.2 Å². The van der Waals surface area contributed by atoms with Gasteiger partial charge in [-0.25, -0.2) is 12.8 Å². The number of hydrogen-bond donors (Lipinski definition) is 2. The van der Waals surface area contributed by atoms with Crippen LogP contribution in [0.4, 0.5) is 10.1 Å². The lowest BCUT2D eigenvalue weighted by Crippen LogP contribution is -2.47. The largest absolute Gasteiger partial charge is 0.484 e. The molecule has 1 aliphatic rings. The average Bonchev–Trinajstić information content (AvgIpc) is 3.10. The average molecular weight is 695 g/mol. The molecule has 4 aromatic rings. The van der Waals surface area contributed by atoms with Gasteiger partial charge in [0.2, 0.25) is 5.91 Å².